The zero-order valence-corrected chi connectivity index (χ0v) is 12.6. The molecule has 0 aromatic carbocycles. The van der Waals surface area contributed by atoms with Crippen LogP contribution < -0.4 is 10.2 Å². The van der Waals surface area contributed by atoms with Gasteiger partial charge in [-0.2, -0.15) is 0 Å². The number of carbonyl (C=O) groups is 1. The van der Waals surface area contributed by atoms with E-state index in [-0.39, 0.29) is 5.91 Å². The fourth-order valence-corrected chi connectivity index (χ4v) is 2.75. The van der Waals surface area contributed by atoms with E-state index in [2.05, 4.69) is 15.3 Å². The van der Waals surface area contributed by atoms with Crippen LogP contribution >= 0.6 is 0 Å². The summed E-state index contributed by atoms with van der Waals surface area (Å²) >= 11 is 0. The highest BCUT2D eigenvalue weighted by atomic mass is 16.5. The number of morpholine rings is 1. The Hall–Kier alpha value is -1.73. The second-order valence-electron chi connectivity index (χ2n) is 5.66. The lowest BCUT2D eigenvalue weighted by atomic mass is 10.0. The standard InChI is InChI=1S/C15H22N4O3/c20-14(18-10-12-2-7-21-8-3-12)13-11-19(6-9-22-13)15-16-4-1-5-17-15/h1,4-5,12-13H,2-3,6-11H2,(H,18,20)/t13-/m1/s1. The predicted molar refractivity (Wildman–Crippen MR) is 80.5 cm³/mol. The molecule has 0 radical (unpaired) electrons. The Kier molecular flexibility index (Phi) is 5.18. The third-order valence-electron chi connectivity index (χ3n) is 4.10. The van der Waals surface area contributed by atoms with Gasteiger partial charge in [-0.3, -0.25) is 4.79 Å². The number of rotatable bonds is 4. The van der Waals surface area contributed by atoms with E-state index in [1.807, 2.05) is 4.90 Å². The van der Waals surface area contributed by atoms with E-state index in [1.54, 1.807) is 18.5 Å². The minimum atomic E-state index is -0.461. The normalized spacial score (nSPS) is 23.3. The molecule has 1 N–H and O–H groups in total. The maximum absolute atomic E-state index is 12.3. The molecule has 120 valence electrons. The van der Waals surface area contributed by atoms with Crippen molar-refractivity contribution < 1.29 is 14.3 Å². The van der Waals surface area contributed by atoms with Crippen LogP contribution in [0.25, 0.3) is 0 Å². The molecule has 1 atom stereocenters. The summed E-state index contributed by atoms with van der Waals surface area (Å²) in [4.78, 5) is 22.7. The maximum Gasteiger partial charge on any atom is 0.250 e. The number of hydrogen-bond donors (Lipinski definition) is 1. The minimum absolute atomic E-state index is 0.0490. The van der Waals surface area contributed by atoms with E-state index in [0.717, 1.165) is 26.1 Å². The highest BCUT2D eigenvalue weighted by Crippen LogP contribution is 2.15. The summed E-state index contributed by atoms with van der Waals surface area (Å²) in [6, 6.07) is 1.78. The highest BCUT2D eigenvalue weighted by molar-refractivity contribution is 5.81. The van der Waals surface area contributed by atoms with Gasteiger partial charge in [0.05, 0.1) is 13.2 Å². The lowest BCUT2D eigenvalue weighted by Gasteiger charge is -2.32. The molecule has 2 fully saturated rings. The molecule has 2 aliphatic rings. The molecule has 0 spiro atoms. The van der Waals surface area contributed by atoms with Crippen molar-refractivity contribution in [1.82, 2.24) is 15.3 Å². The van der Waals surface area contributed by atoms with E-state index in [1.165, 1.54) is 0 Å². The van der Waals surface area contributed by atoms with Crippen LogP contribution in [0.5, 0.6) is 0 Å². The van der Waals surface area contributed by atoms with E-state index < -0.39 is 6.10 Å². The summed E-state index contributed by atoms with van der Waals surface area (Å²) in [6.45, 7) is 3.98. The van der Waals surface area contributed by atoms with Crippen LogP contribution in [0.15, 0.2) is 18.5 Å². The van der Waals surface area contributed by atoms with Gasteiger partial charge in [-0.15, -0.1) is 0 Å². The monoisotopic (exact) mass is 306 g/mol. The van der Waals surface area contributed by atoms with Crippen LogP contribution in [-0.4, -0.2) is 61.4 Å². The lowest BCUT2D eigenvalue weighted by molar-refractivity contribution is -0.133. The van der Waals surface area contributed by atoms with E-state index >= 15 is 0 Å². The maximum atomic E-state index is 12.3. The number of carbonyl (C=O) groups excluding carboxylic acids is 1. The Morgan fingerprint density at radius 1 is 1.27 bits per heavy atom. The van der Waals surface area contributed by atoms with Crippen LogP contribution in [0.3, 0.4) is 0 Å². The zero-order valence-electron chi connectivity index (χ0n) is 12.6. The van der Waals surface area contributed by atoms with Crippen molar-refractivity contribution in [3.05, 3.63) is 18.5 Å². The first-order valence-corrected chi connectivity index (χ1v) is 7.82. The van der Waals surface area contributed by atoms with Crippen molar-refractivity contribution in [3.63, 3.8) is 0 Å². The van der Waals surface area contributed by atoms with Crippen molar-refractivity contribution in [2.24, 2.45) is 5.92 Å². The molecule has 0 saturated carbocycles. The van der Waals surface area contributed by atoms with Gasteiger partial charge in [-0.25, -0.2) is 9.97 Å². The average Bonchev–Trinajstić information content (AvgIpc) is 2.61. The quantitative estimate of drug-likeness (QED) is 0.858. The molecule has 0 aliphatic carbocycles. The summed E-state index contributed by atoms with van der Waals surface area (Å²) in [5.74, 6) is 1.11. The molecule has 3 rings (SSSR count). The second kappa shape index (κ2) is 7.51. The first-order valence-electron chi connectivity index (χ1n) is 7.82. The van der Waals surface area contributed by atoms with Crippen molar-refractivity contribution in [2.75, 3.05) is 44.4 Å². The molecule has 7 nitrogen and oxygen atoms in total. The van der Waals surface area contributed by atoms with Crippen molar-refractivity contribution in [1.29, 1.82) is 0 Å². The Balaban J connectivity index is 1.49. The van der Waals surface area contributed by atoms with Gasteiger partial charge in [0.15, 0.2) is 6.10 Å². The van der Waals surface area contributed by atoms with Gasteiger partial charge in [0.2, 0.25) is 5.95 Å². The minimum Gasteiger partial charge on any atom is -0.381 e. The number of ether oxygens (including phenoxy) is 2. The van der Waals surface area contributed by atoms with Gasteiger partial charge >= 0.3 is 0 Å². The summed E-state index contributed by atoms with van der Waals surface area (Å²) < 4.78 is 10.9. The van der Waals surface area contributed by atoms with Crippen molar-refractivity contribution >= 4 is 11.9 Å². The van der Waals surface area contributed by atoms with Crippen molar-refractivity contribution in [3.8, 4) is 0 Å². The third-order valence-corrected chi connectivity index (χ3v) is 4.10. The second-order valence-corrected chi connectivity index (χ2v) is 5.66. The van der Waals surface area contributed by atoms with Crippen molar-refractivity contribution in [2.45, 2.75) is 18.9 Å². The molecule has 2 aliphatic heterocycles. The molecule has 0 unspecified atom stereocenters. The average molecular weight is 306 g/mol. The molecule has 1 aromatic rings. The first kappa shape index (κ1) is 15.2. The molecule has 3 heterocycles. The topological polar surface area (TPSA) is 76.6 Å². The molecular weight excluding hydrogens is 284 g/mol. The summed E-state index contributed by atoms with van der Waals surface area (Å²) in [7, 11) is 0. The first-order chi connectivity index (χ1) is 10.8. The van der Waals surface area contributed by atoms with Gasteiger partial charge in [0.1, 0.15) is 0 Å². The number of nitrogens with zero attached hydrogens (tertiary/aromatic N) is 3. The summed E-state index contributed by atoms with van der Waals surface area (Å²) in [6.07, 6.45) is 4.97. The van der Waals surface area contributed by atoms with Crippen LogP contribution in [0.2, 0.25) is 0 Å². The smallest absolute Gasteiger partial charge is 0.250 e. The molecule has 2 saturated heterocycles. The number of hydrogen-bond acceptors (Lipinski definition) is 6. The van der Waals surface area contributed by atoms with Crippen LogP contribution in [-0.2, 0) is 14.3 Å². The molecule has 22 heavy (non-hydrogen) atoms. The molecule has 7 heteroatoms. The Bertz CT molecular complexity index is 479. The number of amides is 1. The Morgan fingerprint density at radius 2 is 2.05 bits per heavy atom. The summed E-state index contributed by atoms with van der Waals surface area (Å²) in [5, 5.41) is 3.01. The van der Waals surface area contributed by atoms with E-state index in [9.17, 15) is 4.79 Å². The molecule has 0 bridgehead atoms. The fraction of sp³-hybridized carbons (Fsp3) is 0.667. The number of aromatic nitrogens is 2. The van der Waals surface area contributed by atoms with Gasteiger partial charge in [-0.05, 0) is 24.8 Å². The van der Waals surface area contributed by atoms with Crippen LogP contribution in [0.1, 0.15) is 12.8 Å². The number of anilines is 1. The van der Waals surface area contributed by atoms with E-state index in [4.69, 9.17) is 9.47 Å². The van der Waals surface area contributed by atoms with Gasteiger partial charge < -0.3 is 19.7 Å². The lowest BCUT2D eigenvalue weighted by Crippen LogP contribution is -2.51. The largest absolute Gasteiger partial charge is 0.381 e. The SMILES string of the molecule is O=C(NCC1CCOCC1)[C@H]1CN(c2ncccn2)CCO1. The van der Waals surface area contributed by atoms with E-state index in [0.29, 0.717) is 38.1 Å². The Morgan fingerprint density at radius 3 is 2.82 bits per heavy atom. The molecule has 1 amide bonds. The predicted octanol–water partition coefficient (Wildman–Crippen LogP) is 0.225. The highest BCUT2D eigenvalue weighted by Gasteiger charge is 2.28. The Labute approximate surface area is 130 Å². The molecule has 1 aromatic heterocycles. The number of nitrogens with one attached hydrogen (secondary N) is 1. The van der Waals surface area contributed by atoms with Crippen LogP contribution in [0, 0.1) is 5.92 Å². The zero-order chi connectivity index (χ0) is 15.2. The molecular formula is C15H22N4O3. The van der Waals surface area contributed by atoms with Gasteiger partial charge in [0, 0.05) is 38.7 Å². The van der Waals surface area contributed by atoms with Gasteiger partial charge in [0.25, 0.3) is 5.91 Å². The third kappa shape index (κ3) is 3.92. The summed E-state index contributed by atoms with van der Waals surface area (Å²) in [5.41, 5.74) is 0. The van der Waals surface area contributed by atoms with Gasteiger partial charge in [-0.1, -0.05) is 0 Å². The fourth-order valence-electron chi connectivity index (χ4n) is 2.75. The van der Waals surface area contributed by atoms with Crippen LogP contribution in [0.4, 0.5) is 5.95 Å².